The maximum absolute atomic E-state index is 9.09. The number of rotatable bonds is 0. The molecule has 2 radical (unpaired) electrons. The minimum Gasteiger partial charge on any atom is -0.333 e. The van der Waals surface area contributed by atoms with E-state index in [9.17, 15) is 0 Å². The van der Waals surface area contributed by atoms with Crippen LogP contribution in [-0.2, 0) is 27.2 Å². The third-order valence-corrected chi connectivity index (χ3v) is 3.49. The molecule has 0 heterocycles. The Morgan fingerprint density at radius 2 is 1.27 bits per heavy atom. The summed E-state index contributed by atoms with van der Waals surface area (Å²) in [5.74, 6) is 0. The zero-order chi connectivity index (χ0) is 18.3. The Hall–Kier alpha value is 0.135. The van der Waals surface area contributed by atoms with E-state index in [1.807, 2.05) is 0 Å². The molecule has 126 valence electrons. The van der Waals surface area contributed by atoms with Gasteiger partial charge in [0.25, 0.3) is 0 Å². The second-order valence-electron chi connectivity index (χ2n) is 5.03. The Labute approximate surface area is 152 Å². The van der Waals surface area contributed by atoms with Crippen LogP contribution in [0.15, 0.2) is 0 Å². The normalized spacial score (nSPS) is 8.14. The van der Waals surface area contributed by atoms with Crippen LogP contribution in [0.4, 0.5) is 0 Å². The molecule has 0 atom stereocenters. The van der Waals surface area contributed by atoms with Gasteiger partial charge < -0.3 is 6.55 Å². The Kier molecular flexibility index (Phi) is 21.5. The maximum atomic E-state index is 9.09. The van der Waals surface area contributed by atoms with Crippen LogP contribution >= 0.6 is 19.0 Å². The molecule has 2 nitrogen and oxygen atoms in total. The van der Waals surface area contributed by atoms with Crippen LogP contribution in [0.5, 0.6) is 0 Å². The van der Waals surface area contributed by atoms with E-state index in [4.69, 9.17) is 20.7 Å². The van der Waals surface area contributed by atoms with E-state index >= 15 is 0 Å². The van der Waals surface area contributed by atoms with Crippen LogP contribution in [-0.4, -0.2) is 37.4 Å². The van der Waals surface area contributed by atoms with Crippen molar-refractivity contribution < 1.29 is 27.2 Å². The zero-order valence-corrected chi connectivity index (χ0v) is 20.5. The minimum atomic E-state index is -1.37. The topological polar surface area (TPSA) is 34.1 Å². The van der Waals surface area contributed by atoms with Gasteiger partial charge in [0.05, 0.1) is 0 Å². The van der Waals surface area contributed by atoms with Crippen molar-refractivity contribution in [2.24, 2.45) is 0 Å². The molecule has 0 spiro atoms. The van der Waals surface area contributed by atoms with Crippen molar-refractivity contribution in [3.8, 4) is 0 Å². The summed E-state index contributed by atoms with van der Waals surface area (Å²) in [5, 5.41) is 0. The third kappa shape index (κ3) is 15.0. The predicted molar refractivity (Wildman–Crippen MR) is 100 cm³/mol. The second-order valence-corrected chi connectivity index (χ2v) is 11.0. The third-order valence-electron chi connectivity index (χ3n) is 2.90. The fourth-order valence-corrected chi connectivity index (χ4v) is 1.55. The van der Waals surface area contributed by atoms with Crippen LogP contribution in [0.2, 0.25) is 0 Å². The van der Waals surface area contributed by atoms with Crippen LogP contribution in [0.25, 0.3) is 0 Å². The monoisotopic (exact) mass is 529 g/mol. The summed E-state index contributed by atoms with van der Waals surface area (Å²) in [5.41, 5.74) is 7.34. The van der Waals surface area contributed by atoms with Crippen molar-refractivity contribution in [2.75, 3.05) is 20.0 Å². The molecule has 1 aromatic carbocycles. The van der Waals surface area contributed by atoms with Gasteiger partial charge in [0.15, 0.2) is 0 Å². The molecular formula is C16H27ClO2PSiW-. The van der Waals surface area contributed by atoms with Gasteiger partial charge in [0.1, 0.15) is 0 Å². The first kappa shape index (κ1) is 27.0. The molecule has 0 N–H and O–H groups in total. The van der Waals surface area contributed by atoms with Crippen LogP contribution in [0, 0.1) is 41.2 Å². The van der Waals surface area contributed by atoms with Gasteiger partial charge in [-0.25, -0.2) is 11.1 Å². The molecule has 0 aliphatic carbocycles. The largest absolute Gasteiger partial charge is 0.333 e. The van der Waals surface area contributed by atoms with Crippen molar-refractivity contribution in [1.29, 1.82) is 0 Å². The molecule has 0 unspecified atom stereocenters. The molecule has 0 amide bonds. The number of carbonyl (C=O) groups excluding carboxylic acids is 2. The van der Waals surface area contributed by atoms with Crippen molar-refractivity contribution in [1.82, 2.24) is 0 Å². The maximum Gasteiger partial charge on any atom is -0.0303 e. The van der Waals surface area contributed by atoms with Gasteiger partial charge in [-0.05, 0) is 16.8 Å². The van der Waals surface area contributed by atoms with E-state index in [1.165, 1.54) is 36.3 Å². The average molecular weight is 530 g/mol. The molecule has 0 fully saturated rings. The SMILES string of the molecule is C[PH+](C)C.Cc1c(C)c(C)[c-](C)c1C.O=[C]=[W]=[C]=O.[CH2-][Si]Cl. The summed E-state index contributed by atoms with van der Waals surface area (Å²) in [4.78, 5) is 18.2. The van der Waals surface area contributed by atoms with E-state index < -0.39 is 17.6 Å². The molecule has 0 bridgehead atoms. The Bertz CT molecular complexity index is 430. The van der Waals surface area contributed by atoms with Gasteiger partial charge in [-0.2, -0.15) is 27.8 Å². The molecule has 0 saturated carbocycles. The van der Waals surface area contributed by atoms with Gasteiger partial charge in [0.2, 0.25) is 0 Å². The van der Waals surface area contributed by atoms with E-state index in [0.29, 0.717) is 8.83 Å². The van der Waals surface area contributed by atoms with Gasteiger partial charge in [-0.1, -0.05) is 34.6 Å². The van der Waals surface area contributed by atoms with E-state index in [1.54, 1.807) is 0 Å². The van der Waals surface area contributed by atoms with Crippen molar-refractivity contribution >= 4 is 36.4 Å². The predicted octanol–water partition coefficient (Wildman–Crippen LogP) is 3.88. The fourth-order valence-electron chi connectivity index (χ4n) is 1.42. The second kappa shape index (κ2) is 17.5. The molecule has 0 aromatic heterocycles. The van der Waals surface area contributed by atoms with Gasteiger partial charge >= 0.3 is 35.8 Å². The Balaban J connectivity index is -0.000000255. The first-order valence-electron chi connectivity index (χ1n) is 6.61. The van der Waals surface area contributed by atoms with Crippen LogP contribution < -0.4 is 0 Å². The summed E-state index contributed by atoms with van der Waals surface area (Å²) in [6, 6.07) is 0. The van der Waals surface area contributed by atoms with E-state index in [2.05, 4.69) is 61.2 Å². The van der Waals surface area contributed by atoms with Crippen molar-refractivity contribution in [3.05, 3.63) is 34.4 Å². The smallest absolute Gasteiger partial charge is 0.0303 e. The molecule has 0 saturated heterocycles. The van der Waals surface area contributed by atoms with Gasteiger partial charge in [0, 0.05) is 20.0 Å². The zero-order valence-electron chi connectivity index (χ0n) is 14.8. The van der Waals surface area contributed by atoms with Crippen LogP contribution in [0.3, 0.4) is 0 Å². The summed E-state index contributed by atoms with van der Waals surface area (Å²) in [6.07, 6.45) is 0. The van der Waals surface area contributed by atoms with Gasteiger partial charge in [-0.15, -0.1) is 0 Å². The molecule has 1 aromatic rings. The number of hydrogen-bond donors (Lipinski definition) is 0. The number of halogens is 1. The summed E-state index contributed by atoms with van der Waals surface area (Å²) < 4.78 is 3.02. The Morgan fingerprint density at radius 3 is 1.32 bits per heavy atom. The first-order chi connectivity index (χ1) is 10.1. The quantitative estimate of drug-likeness (QED) is 0.221. The van der Waals surface area contributed by atoms with Crippen molar-refractivity contribution in [2.45, 2.75) is 34.6 Å². The van der Waals surface area contributed by atoms with Gasteiger partial charge in [-0.3, -0.25) is 0 Å². The molecule has 22 heavy (non-hydrogen) atoms. The fraction of sp³-hybridized carbons (Fsp3) is 0.500. The molecule has 6 heteroatoms. The molecular weight excluding hydrogens is 503 g/mol. The first-order valence-corrected chi connectivity index (χ1v) is 14.8. The summed E-state index contributed by atoms with van der Waals surface area (Å²) in [7, 11) is 0.426. The standard InChI is InChI=1S/C10H15.C3H9P.CH2ClSi.2CO.W/c1-6-7(2)9(4)10(5)8(6)3;1-4(2)3;1-3-2;2*1-2;/h1-5H3;1-3H3;1H2;;;/q-1;;-1;;;/p+1. The number of hydrogen-bond acceptors (Lipinski definition) is 2. The molecule has 0 aliphatic rings. The van der Waals surface area contributed by atoms with Crippen LogP contribution in [0.1, 0.15) is 27.8 Å². The minimum absolute atomic E-state index is 0.120. The summed E-state index contributed by atoms with van der Waals surface area (Å²) >= 11 is 3.54. The average Bonchev–Trinajstić information content (AvgIpc) is 2.59. The van der Waals surface area contributed by atoms with Crippen molar-refractivity contribution in [3.63, 3.8) is 0 Å². The molecule has 0 aliphatic heterocycles. The molecule has 1 rings (SSSR count). The van der Waals surface area contributed by atoms with E-state index in [0.717, 1.165) is 0 Å². The Morgan fingerprint density at radius 1 is 1.05 bits per heavy atom. The summed E-state index contributed by atoms with van der Waals surface area (Å²) in [6.45, 7) is 21.1. The van der Waals surface area contributed by atoms with E-state index in [-0.39, 0.29) is 7.92 Å².